The van der Waals surface area contributed by atoms with E-state index >= 15 is 0 Å². The van der Waals surface area contributed by atoms with Gasteiger partial charge >= 0.3 is 0 Å². The van der Waals surface area contributed by atoms with Crippen LogP contribution < -0.4 is 0 Å². The first-order chi connectivity index (χ1) is 20.5. The number of hydrogen-bond acceptors (Lipinski definition) is 4. The van der Waals surface area contributed by atoms with E-state index in [1.807, 2.05) is 27.7 Å². The third-order valence-corrected chi connectivity index (χ3v) is 9.08. The smallest absolute Gasteiger partial charge is 0.0890 e. The Morgan fingerprint density at radius 3 is 1.57 bits per heavy atom. The minimum Gasteiger partial charge on any atom is -0.309 e. The van der Waals surface area contributed by atoms with Crippen LogP contribution in [0.15, 0.2) is 24.3 Å². The van der Waals surface area contributed by atoms with Crippen LogP contribution in [0.3, 0.4) is 0 Å². The van der Waals surface area contributed by atoms with Crippen molar-refractivity contribution in [3.05, 3.63) is 24.3 Å². The molecule has 0 fully saturated rings. The van der Waals surface area contributed by atoms with Crippen LogP contribution in [0, 0.1) is 0 Å². The second-order valence-corrected chi connectivity index (χ2v) is 13.2. The highest BCUT2D eigenvalue weighted by atomic mass is 32.3. The Hall–Kier alpha value is -0.330. The van der Waals surface area contributed by atoms with Gasteiger partial charge in [-0.05, 0) is 98.2 Å². The fraction of sp³-hybridized carbons (Fsp3) is 0.892. The number of rotatable bonds is 29. The second kappa shape index (κ2) is 38.7. The van der Waals surface area contributed by atoms with E-state index in [9.17, 15) is 0 Å². The first-order valence-corrected chi connectivity index (χ1v) is 19.8. The van der Waals surface area contributed by atoms with Gasteiger partial charge in [-0.15, -0.1) is 0 Å². The minimum atomic E-state index is -1.99. The molecule has 256 valence electrons. The fourth-order valence-corrected chi connectivity index (χ4v) is 6.57. The molecule has 0 aliphatic carbocycles. The first-order valence-electron chi connectivity index (χ1n) is 18.2. The van der Waals surface area contributed by atoms with Crippen molar-refractivity contribution in [2.45, 2.75) is 177 Å². The fourth-order valence-electron chi connectivity index (χ4n) is 4.16. The van der Waals surface area contributed by atoms with Crippen molar-refractivity contribution < 1.29 is 12.5 Å². The molecule has 0 spiro atoms. The predicted octanol–water partition coefficient (Wildman–Crippen LogP) is 12.8. The van der Waals surface area contributed by atoms with Gasteiger partial charge in [-0.25, -0.2) is 0 Å². The largest absolute Gasteiger partial charge is 0.309 e. The summed E-state index contributed by atoms with van der Waals surface area (Å²) in [5.41, 5.74) is 0. The zero-order chi connectivity index (χ0) is 32.2. The highest BCUT2D eigenvalue weighted by molar-refractivity contribution is 8.21. The lowest BCUT2D eigenvalue weighted by Gasteiger charge is -2.40. The van der Waals surface area contributed by atoms with E-state index in [4.69, 9.17) is 12.5 Å². The highest BCUT2D eigenvalue weighted by Gasteiger charge is 2.29. The molecule has 0 bridgehead atoms. The molecule has 0 aromatic carbocycles. The quantitative estimate of drug-likeness (QED) is 0.0617. The molecule has 2 atom stereocenters. The van der Waals surface area contributed by atoms with Crippen molar-refractivity contribution in [1.29, 1.82) is 0 Å². The maximum absolute atomic E-state index is 6.73. The molecule has 0 aromatic heterocycles. The molecule has 0 radical (unpaired) electrons. The van der Waals surface area contributed by atoms with Gasteiger partial charge in [-0.1, -0.05) is 118 Å². The van der Waals surface area contributed by atoms with E-state index in [-0.39, 0.29) is 6.10 Å². The van der Waals surface area contributed by atoms with Crippen LogP contribution in [-0.2, 0) is 12.5 Å². The first kappa shape index (κ1) is 46.1. The van der Waals surface area contributed by atoms with Gasteiger partial charge in [0.15, 0.2) is 0 Å². The van der Waals surface area contributed by atoms with Gasteiger partial charge < -0.3 is 4.90 Å². The standard InChI is InChI=1S/C33H67NO3S.2C2H6/c1-7-10-13-15-17-19-22-26-31-36-38(35-30-12-9-3,32-27-23-21-25-29-34(5)6)37-33(4)28-24-20-18-16-14-11-8-2;2*1-2/h17-20,33H,7-16,21-32H2,1-6H3;2*1-2H3/b19-17-,20-18-;;/t33-;;/m0../s1. The molecule has 0 N–H and O–H groups in total. The van der Waals surface area contributed by atoms with Gasteiger partial charge in [0.2, 0.25) is 0 Å². The van der Waals surface area contributed by atoms with Gasteiger partial charge in [-0.3, -0.25) is 12.5 Å². The topological polar surface area (TPSA) is 30.9 Å². The molecule has 0 aliphatic rings. The van der Waals surface area contributed by atoms with Gasteiger partial charge in [0.25, 0.3) is 0 Å². The Bertz CT molecular complexity index is 541. The average molecular weight is 618 g/mol. The lowest BCUT2D eigenvalue weighted by molar-refractivity contribution is 0.128. The summed E-state index contributed by atoms with van der Waals surface area (Å²) in [6, 6.07) is 0. The molecule has 5 heteroatoms. The van der Waals surface area contributed by atoms with Crippen LogP contribution in [-0.4, -0.2) is 50.6 Å². The van der Waals surface area contributed by atoms with Gasteiger partial charge in [0, 0.05) is 5.75 Å². The summed E-state index contributed by atoms with van der Waals surface area (Å²) in [6.07, 6.45) is 30.9. The lowest BCUT2D eigenvalue weighted by atomic mass is 10.1. The molecular formula is C37H79NO3S. The maximum atomic E-state index is 6.73. The van der Waals surface area contributed by atoms with E-state index in [2.05, 4.69) is 71.0 Å². The van der Waals surface area contributed by atoms with Crippen molar-refractivity contribution in [3.63, 3.8) is 0 Å². The number of nitrogens with zero attached hydrogens (tertiary/aromatic N) is 1. The van der Waals surface area contributed by atoms with Crippen molar-refractivity contribution in [2.75, 3.05) is 39.6 Å². The molecule has 0 saturated heterocycles. The molecule has 0 aromatic rings. The van der Waals surface area contributed by atoms with Crippen molar-refractivity contribution in [3.8, 4) is 0 Å². The number of allylic oxidation sites excluding steroid dienone is 4. The third kappa shape index (κ3) is 34.2. The van der Waals surface area contributed by atoms with E-state index < -0.39 is 10.9 Å². The summed E-state index contributed by atoms with van der Waals surface area (Å²) in [4.78, 5) is 2.27. The summed E-state index contributed by atoms with van der Waals surface area (Å²) in [6.45, 7) is 19.5. The Morgan fingerprint density at radius 1 is 0.571 bits per heavy atom. The Labute approximate surface area is 268 Å². The van der Waals surface area contributed by atoms with Crippen LogP contribution >= 0.6 is 10.9 Å². The molecule has 1 unspecified atom stereocenters. The molecule has 4 nitrogen and oxygen atoms in total. The zero-order valence-electron chi connectivity index (χ0n) is 30.5. The minimum absolute atomic E-state index is 0.138. The normalized spacial score (nSPS) is 14.4. The van der Waals surface area contributed by atoms with Crippen LogP contribution in [0.5, 0.6) is 0 Å². The van der Waals surface area contributed by atoms with Gasteiger partial charge in [0.05, 0.1) is 30.2 Å². The van der Waals surface area contributed by atoms with E-state index in [0.29, 0.717) is 6.61 Å². The Balaban J connectivity index is -0.00000363. The summed E-state index contributed by atoms with van der Waals surface area (Å²) >= 11 is 0. The van der Waals surface area contributed by atoms with E-state index in [1.54, 1.807) is 0 Å². The number of unbranched alkanes of at least 4 members (excludes halogenated alkanes) is 11. The third-order valence-electron chi connectivity index (χ3n) is 6.62. The SMILES string of the molecule is CC.CC.CCCCC/C=C\CCCOS(CCCCCCN(C)C)(OCCCC)O[C@@H](C)CC/C=C\CCCCC. The molecule has 0 saturated carbocycles. The Morgan fingerprint density at radius 2 is 1.05 bits per heavy atom. The van der Waals surface area contributed by atoms with E-state index in [0.717, 1.165) is 63.9 Å². The van der Waals surface area contributed by atoms with Crippen molar-refractivity contribution in [2.24, 2.45) is 0 Å². The molecule has 0 rings (SSSR count). The van der Waals surface area contributed by atoms with Crippen molar-refractivity contribution in [1.82, 2.24) is 4.90 Å². The molecule has 0 aliphatic heterocycles. The molecule has 0 heterocycles. The summed E-state index contributed by atoms with van der Waals surface area (Å²) < 4.78 is 19.8. The van der Waals surface area contributed by atoms with Gasteiger partial charge in [0.1, 0.15) is 0 Å². The molecular weight excluding hydrogens is 538 g/mol. The average Bonchev–Trinajstić information content (AvgIpc) is 2.99. The summed E-state index contributed by atoms with van der Waals surface area (Å²) in [7, 11) is 2.32. The maximum Gasteiger partial charge on any atom is 0.0890 e. The summed E-state index contributed by atoms with van der Waals surface area (Å²) in [5, 5.41) is 0. The van der Waals surface area contributed by atoms with E-state index in [1.165, 1.54) is 70.6 Å². The van der Waals surface area contributed by atoms with Crippen LogP contribution in [0.25, 0.3) is 0 Å². The van der Waals surface area contributed by atoms with Gasteiger partial charge in [-0.2, -0.15) is 0 Å². The molecule has 0 amide bonds. The second-order valence-electron chi connectivity index (χ2n) is 11.0. The summed E-state index contributed by atoms with van der Waals surface area (Å²) in [5.74, 6) is 0.892. The lowest BCUT2D eigenvalue weighted by Crippen LogP contribution is -2.22. The number of hydrogen-bond donors (Lipinski definition) is 0. The zero-order valence-corrected chi connectivity index (χ0v) is 31.3. The Kier molecular flexibility index (Phi) is 42.5. The highest BCUT2D eigenvalue weighted by Crippen LogP contribution is 2.54. The van der Waals surface area contributed by atoms with Crippen molar-refractivity contribution >= 4 is 10.9 Å². The van der Waals surface area contributed by atoms with Crippen LogP contribution in [0.4, 0.5) is 0 Å². The monoisotopic (exact) mass is 618 g/mol. The predicted molar refractivity (Wildman–Crippen MR) is 195 cm³/mol. The molecule has 42 heavy (non-hydrogen) atoms. The van der Waals surface area contributed by atoms with Crippen LogP contribution in [0.1, 0.15) is 171 Å². The van der Waals surface area contributed by atoms with Crippen LogP contribution in [0.2, 0.25) is 0 Å².